The van der Waals surface area contributed by atoms with Gasteiger partial charge in [-0.25, -0.2) is 4.72 Å². The van der Waals surface area contributed by atoms with Gasteiger partial charge in [-0.3, -0.25) is 0 Å². The van der Waals surface area contributed by atoms with Crippen LogP contribution >= 0.6 is 0 Å². The Morgan fingerprint density at radius 3 is 1.92 bits per heavy atom. The predicted octanol–water partition coefficient (Wildman–Crippen LogP) is -2.26. The highest BCUT2D eigenvalue weighted by molar-refractivity contribution is 7.87. The van der Waals surface area contributed by atoms with Gasteiger partial charge in [-0.15, -0.1) is 0 Å². The summed E-state index contributed by atoms with van der Waals surface area (Å²) in [5.74, 6) is 0. The third kappa shape index (κ3) is 3.46. The van der Waals surface area contributed by atoms with Gasteiger partial charge in [0.1, 0.15) is 0 Å². The number of nitrogens with zero attached hydrogens (tertiary/aromatic N) is 1. The first-order chi connectivity index (χ1) is 5.58. The van der Waals surface area contributed by atoms with E-state index >= 15 is 0 Å². The lowest BCUT2D eigenvalue weighted by molar-refractivity contribution is 0.216. The van der Waals surface area contributed by atoms with E-state index in [1.54, 1.807) is 0 Å². The van der Waals surface area contributed by atoms with Crippen molar-refractivity contribution in [3.8, 4) is 0 Å². The molecule has 0 aromatic rings. The number of aliphatic hydroxyl groups excluding tert-OH is 2. The first-order valence-electron chi connectivity index (χ1n) is 3.48. The fraction of sp³-hybridized carbons (Fsp3) is 1.00. The predicted molar refractivity (Wildman–Crippen MR) is 43.7 cm³/mol. The van der Waals surface area contributed by atoms with E-state index in [0.717, 1.165) is 4.31 Å². The Morgan fingerprint density at radius 2 is 1.67 bits per heavy atom. The largest absolute Gasteiger partial charge is 0.395 e. The van der Waals surface area contributed by atoms with Gasteiger partial charge in [0.25, 0.3) is 10.2 Å². The molecule has 74 valence electrons. The van der Waals surface area contributed by atoms with Crippen molar-refractivity contribution in [2.24, 2.45) is 0 Å². The average Bonchev–Trinajstić information content (AvgIpc) is 2.04. The lowest BCUT2D eigenvalue weighted by Crippen LogP contribution is -2.42. The van der Waals surface area contributed by atoms with Crippen LogP contribution in [0.4, 0.5) is 0 Å². The number of hydrogen-bond acceptors (Lipinski definition) is 4. The van der Waals surface area contributed by atoms with E-state index in [1.807, 2.05) is 0 Å². The molecule has 0 rings (SSSR count). The Kier molecular flexibility index (Phi) is 5.34. The van der Waals surface area contributed by atoms with Crippen molar-refractivity contribution in [1.29, 1.82) is 0 Å². The van der Waals surface area contributed by atoms with Crippen LogP contribution in [0.1, 0.15) is 0 Å². The molecule has 0 aliphatic carbocycles. The van der Waals surface area contributed by atoms with Gasteiger partial charge < -0.3 is 10.2 Å². The summed E-state index contributed by atoms with van der Waals surface area (Å²) in [5.41, 5.74) is 0. The molecule has 7 heteroatoms. The number of nitrogens with one attached hydrogen (secondary N) is 1. The van der Waals surface area contributed by atoms with Crippen LogP contribution in [0, 0.1) is 0 Å². The van der Waals surface area contributed by atoms with Crippen molar-refractivity contribution >= 4 is 10.2 Å². The minimum atomic E-state index is -3.52. The summed E-state index contributed by atoms with van der Waals surface area (Å²) < 4.78 is 25.2. The molecule has 0 fully saturated rings. The molecule has 0 aliphatic rings. The summed E-state index contributed by atoms with van der Waals surface area (Å²) in [4.78, 5) is 0. The fourth-order valence-corrected chi connectivity index (χ4v) is 1.61. The molecular formula is C5H14N2O4S. The van der Waals surface area contributed by atoms with Crippen molar-refractivity contribution in [3.05, 3.63) is 0 Å². The Morgan fingerprint density at radius 1 is 1.25 bits per heavy atom. The summed E-state index contributed by atoms with van der Waals surface area (Å²) in [6.07, 6.45) is 0. The zero-order chi connectivity index (χ0) is 9.61. The maximum absolute atomic E-state index is 11.1. The van der Waals surface area contributed by atoms with Gasteiger partial charge >= 0.3 is 0 Å². The quantitative estimate of drug-likeness (QED) is 0.449. The Balaban J connectivity index is 4.28. The molecule has 12 heavy (non-hydrogen) atoms. The third-order valence-electron chi connectivity index (χ3n) is 1.30. The third-order valence-corrected chi connectivity index (χ3v) is 2.86. The molecule has 0 amide bonds. The van der Waals surface area contributed by atoms with Crippen molar-refractivity contribution < 1.29 is 18.6 Å². The van der Waals surface area contributed by atoms with Gasteiger partial charge in [0.15, 0.2) is 0 Å². The van der Waals surface area contributed by atoms with Crippen molar-refractivity contribution in [2.45, 2.75) is 0 Å². The fourth-order valence-electron chi connectivity index (χ4n) is 0.704. The Labute approximate surface area is 72.0 Å². The standard InChI is InChI=1S/C5H14N2O4S/c1-6-12(10,11)7(2-4-8)3-5-9/h6,8-9H,2-5H2,1H3. The smallest absolute Gasteiger partial charge is 0.279 e. The van der Waals surface area contributed by atoms with E-state index in [9.17, 15) is 8.42 Å². The van der Waals surface area contributed by atoms with E-state index < -0.39 is 10.2 Å². The first kappa shape index (κ1) is 11.8. The van der Waals surface area contributed by atoms with Crippen LogP contribution in [-0.4, -0.2) is 56.3 Å². The summed E-state index contributed by atoms with van der Waals surface area (Å²) >= 11 is 0. The average molecular weight is 198 g/mol. The van der Waals surface area contributed by atoms with E-state index in [0.29, 0.717) is 0 Å². The molecule has 3 N–H and O–H groups in total. The second kappa shape index (κ2) is 5.44. The van der Waals surface area contributed by atoms with Gasteiger partial charge in [-0.05, 0) is 0 Å². The summed E-state index contributed by atoms with van der Waals surface area (Å²) in [7, 11) is -2.25. The van der Waals surface area contributed by atoms with E-state index in [4.69, 9.17) is 10.2 Å². The van der Waals surface area contributed by atoms with Gasteiger partial charge in [0, 0.05) is 20.1 Å². The molecule has 0 atom stereocenters. The minimum Gasteiger partial charge on any atom is -0.395 e. The van der Waals surface area contributed by atoms with Gasteiger partial charge in [-0.2, -0.15) is 12.7 Å². The molecule has 0 spiro atoms. The molecule has 0 bridgehead atoms. The molecule has 0 radical (unpaired) electrons. The second-order valence-electron chi connectivity index (χ2n) is 2.06. The normalized spacial score (nSPS) is 12.3. The topological polar surface area (TPSA) is 89.9 Å². The minimum absolute atomic E-state index is 0.0102. The van der Waals surface area contributed by atoms with Gasteiger partial charge in [-0.1, -0.05) is 0 Å². The highest BCUT2D eigenvalue weighted by Crippen LogP contribution is 1.94. The van der Waals surface area contributed by atoms with Crippen LogP contribution in [0.2, 0.25) is 0 Å². The molecule has 0 saturated carbocycles. The van der Waals surface area contributed by atoms with Crippen LogP contribution in [0.5, 0.6) is 0 Å². The zero-order valence-corrected chi connectivity index (χ0v) is 7.71. The Hall–Kier alpha value is -0.210. The lowest BCUT2D eigenvalue weighted by atomic mass is 10.6. The molecule has 0 heterocycles. The lowest BCUT2D eigenvalue weighted by Gasteiger charge is -2.18. The molecule has 0 aliphatic heterocycles. The second-order valence-corrected chi connectivity index (χ2v) is 3.93. The summed E-state index contributed by atoms with van der Waals surface area (Å²) in [6.45, 7) is -0.546. The van der Waals surface area contributed by atoms with E-state index in [1.165, 1.54) is 7.05 Å². The summed E-state index contributed by atoms with van der Waals surface area (Å²) in [5, 5.41) is 17.0. The Bertz CT molecular complexity index is 197. The molecule has 0 aromatic heterocycles. The van der Waals surface area contributed by atoms with Crippen molar-refractivity contribution in [2.75, 3.05) is 33.4 Å². The monoisotopic (exact) mass is 198 g/mol. The maximum Gasteiger partial charge on any atom is 0.279 e. The van der Waals surface area contributed by atoms with Crippen LogP contribution < -0.4 is 4.72 Å². The molecule has 0 saturated heterocycles. The first-order valence-corrected chi connectivity index (χ1v) is 4.93. The van der Waals surface area contributed by atoms with Crippen LogP contribution in [-0.2, 0) is 10.2 Å². The number of rotatable bonds is 6. The maximum atomic E-state index is 11.1. The number of hydrogen-bond donors (Lipinski definition) is 3. The SMILES string of the molecule is CNS(=O)(=O)N(CCO)CCO. The van der Waals surface area contributed by atoms with Crippen LogP contribution in [0.25, 0.3) is 0 Å². The van der Waals surface area contributed by atoms with Crippen LogP contribution in [0.3, 0.4) is 0 Å². The van der Waals surface area contributed by atoms with Gasteiger partial charge in [0.2, 0.25) is 0 Å². The molecular weight excluding hydrogens is 184 g/mol. The zero-order valence-electron chi connectivity index (χ0n) is 6.89. The van der Waals surface area contributed by atoms with Crippen LogP contribution in [0.15, 0.2) is 0 Å². The molecule has 6 nitrogen and oxygen atoms in total. The molecule has 0 aromatic carbocycles. The molecule has 0 unspecified atom stereocenters. The van der Waals surface area contributed by atoms with Crippen molar-refractivity contribution in [3.63, 3.8) is 0 Å². The van der Waals surface area contributed by atoms with E-state index in [-0.39, 0.29) is 26.3 Å². The van der Waals surface area contributed by atoms with Gasteiger partial charge in [0.05, 0.1) is 13.2 Å². The van der Waals surface area contributed by atoms with E-state index in [2.05, 4.69) is 4.72 Å². The van der Waals surface area contributed by atoms with Crippen molar-refractivity contribution in [1.82, 2.24) is 9.03 Å². The number of aliphatic hydroxyl groups is 2. The summed E-state index contributed by atoms with van der Waals surface area (Å²) in [6, 6.07) is 0. The highest BCUT2D eigenvalue weighted by atomic mass is 32.2. The highest BCUT2D eigenvalue weighted by Gasteiger charge is 2.17.